The second kappa shape index (κ2) is 9.00. The van der Waals surface area contributed by atoms with Crippen LogP contribution in [0.3, 0.4) is 0 Å². The maximum Gasteiger partial charge on any atom is 0.0625 e. The van der Waals surface area contributed by atoms with Crippen molar-refractivity contribution < 1.29 is 9.47 Å². The van der Waals surface area contributed by atoms with Crippen molar-refractivity contribution in [1.29, 1.82) is 0 Å². The summed E-state index contributed by atoms with van der Waals surface area (Å²) in [5.41, 5.74) is 0. The van der Waals surface area contributed by atoms with Crippen LogP contribution in [0.5, 0.6) is 0 Å². The first kappa shape index (κ1) is 14.0. The fourth-order valence-corrected chi connectivity index (χ4v) is 2.34. The molecule has 0 radical (unpaired) electrons. The smallest absolute Gasteiger partial charge is 0.0625 e. The van der Waals surface area contributed by atoms with E-state index in [1.165, 1.54) is 38.5 Å². The Balaban J connectivity index is 2.20. The highest BCUT2D eigenvalue weighted by atomic mass is 16.5. The summed E-state index contributed by atoms with van der Waals surface area (Å²) in [5.74, 6) is 0.650. The van der Waals surface area contributed by atoms with Gasteiger partial charge in [0.25, 0.3) is 0 Å². The highest BCUT2D eigenvalue weighted by Gasteiger charge is 2.25. The molecule has 2 unspecified atom stereocenters. The van der Waals surface area contributed by atoms with Gasteiger partial charge in [0.2, 0.25) is 0 Å². The van der Waals surface area contributed by atoms with Gasteiger partial charge in [0, 0.05) is 19.1 Å². The van der Waals surface area contributed by atoms with Crippen LogP contribution in [-0.4, -0.2) is 25.9 Å². The SMILES string of the molecule is CCCCOC1CCCCC1COCCC. The van der Waals surface area contributed by atoms with E-state index in [0.29, 0.717) is 12.0 Å². The lowest BCUT2D eigenvalue weighted by Gasteiger charge is -2.31. The number of hydrogen-bond donors (Lipinski definition) is 0. The molecule has 1 aliphatic carbocycles. The third-order valence-electron chi connectivity index (χ3n) is 3.35. The summed E-state index contributed by atoms with van der Waals surface area (Å²) in [6.07, 6.45) is 9.23. The van der Waals surface area contributed by atoms with E-state index in [2.05, 4.69) is 13.8 Å². The van der Waals surface area contributed by atoms with Crippen LogP contribution in [0.1, 0.15) is 58.8 Å². The second-order valence-electron chi connectivity index (χ2n) is 4.88. The van der Waals surface area contributed by atoms with E-state index in [9.17, 15) is 0 Å². The van der Waals surface area contributed by atoms with Crippen LogP contribution in [0.15, 0.2) is 0 Å². The van der Waals surface area contributed by atoms with E-state index in [-0.39, 0.29) is 0 Å². The lowest BCUT2D eigenvalue weighted by atomic mass is 9.87. The molecule has 0 aromatic carbocycles. The van der Waals surface area contributed by atoms with Gasteiger partial charge < -0.3 is 9.47 Å². The molecule has 2 nitrogen and oxygen atoms in total. The number of rotatable bonds is 8. The summed E-state index contributed by atoms with van der Waals surface area (Å²) in [6.45, 7) is 7.12. The Bertz CT molecular complexity index is 141. The average molecular weight is 228 g/mol. The Morgan fingerprint density at radius 1 is 1.00 bits per heavy atom. The predicted molar refractivity (Wildman–Crippen MR) is 67.7 cm³/mol. The van der Waals surface area contributed by atoms with Crippen molar-refractivity contribution in [2.24, 2.45) is 5.92 Å². The zero-order valence-corrected chi connectivity index (χ0v) is 11.0. The molecule has 2 heteroatoms. The summed E-state index contributed by atoms with van der Waals surface area (Å²) in [6, 6.07) is 0. The minimum Gasteiger partial charge on any atom is -0.381 e. The minimum atomic E-state index is 0.470. The van der Waals surface area contributed by atoms with Gasteiger partial charge in [-0.15, -0.1) is 0 Å². The molecule has 16 heavy (non-hydrogen) atoms. The molecule has 1 fully saturated rings. The van der Waals surface area contributed by atoms with Gasteiger partial charge in [-0.3, -0.25) is 0 Å². The zero-order valence-electron chi connectivity index (χ0n) is 11.0. The fraction of sp³-hybridized carbons (Fsp3) is 1.00. The first-order valence-electron chi connectivity index (χ1n) is 7.07. The molecule has 1 rings (SSSR count). The molecule has 0 spiro atoms. The summed E-state index contributed by atoms with van der Waals surface area (Å²) in [4.78, 5) is 0. The molecule has 0 amide bonds. The van der Waals surface area contributed by atoms with Crippen molar-refractivity contribution >= 4 is 0 Å². The molecule has 0 aromatic rings. The second-order valence-corrected chi connectivity index (χ2v) is 4.88. The van der Waals surface area contributed by atoms with E-state index in [1.54, 1.807) is 0 Å². The Labute approximate surface area is 101 Å². The van der Waals surface area contributed by atoms with E-state index < -0.39 is 0 Å². The standard InChI is InChI=1S/C14H28O2/c1-3-5-11-16-14-9-7-6-8-13(14)12-15-10-4-2/h13-14H,3-12H2,1-2H3. The molecule has 96 valence electrons. The van der Waals surface area contributed by atoms with Gasteiger partial charge in [0.15, 0.2) is 0 Å². The highest BCUT2D eigenvalue weighted by molar-refractivity contribution is 4.75. The molecule has 0 N–H and O–H groups in total. The molecular formula is C14H28O2. The molecule has 0 bridgehead atoms. The van der Waals surface area contributed by atoms with Gasteiger partial charge in [0.05, 0.1) is 12.7 Å². The Morgan fingerprint density at radius 3 is 2.56 bits per heavy atom. The van der Waals surface area contributed by atoms with Crippen LogP contribution in [-0.2, 0) is 9.47 Å². The van der Waals surface area contributed by atoms with Crippen molar-refractivity contribution in [1.82, 2.24) is 0 Å². The van der Waals surface area contributed by atoms with Crippen LogP contribution in [0.4, 0.5) is 0 Å². The predicted octanol–water partition coefficient (Wildman–Crippen LogP) is 3.79. The highest BCUT2D eigenvalue weighted by Crippen LogP contribution is 2.27. The van der Waals surface area contributed by atoms with Crippen molar-refractivity contribution in [3.8, 4) is 0 Å². The van der Waals surface area contributed by atoms with Crippen molar-refractivity contribution in [3.05, 3.63) is 0 Å². The summed E-state index contributed by atoms with van der Waals surface area (Å²) >= 11 is 0. The average Bonchev–Trinajstić information content (AvgIpc) is 2.32. The van der Waals surface area contributed by atoms with Crippen LogP contribution < -0.4 is 0 Å². The molecule has 0 aliphatic heterocycles. The van der Waals surface area contributed by atoms with Crippen LogP contribution in [0.25, 0.3) is 0 Å². The topological polar surface area (TPSA) is 18.5 Å². The molecule has 2 atom stereocenters. The number of ether oxygens (including phenoxy) is 2. The van der Waals surface area contributed by atoms with Gasteiger partial charge in [-0.1, -0.05) is 33.1 Å². The fourth-order valence-electron chi connectivity index (χ4n) is 2.34. The Kier molecular flexibility index (Phi) is 7.87. The summed E-state index contributed by atoms with van der Waals surface area (Å²) < 4.78 is 11.7. The first-order valence-corrected chi connectivity index (χ1v) is 7.07. The molecule has 0 saturated heterocycles. The van der Waals surface area contributed by atoms with Crippen LogP contribution in [0.2, 0.25) is 0 Å². The summed E-state index contributed by atoms with van der Waals surface area (Å²) in [5, 5.41) is 0. The van der Waals surface area contributed by atoms with Crippen LogP contribution in [0, 0.1) is 5.92 Å². The van der Waals surface area contributed by atoms with Gasteiger partial charge in [-0.25, -0.2) is 0 Å². The summed E-state index contributed by atoms with van der Waals surface area (Å²) in [7, 11) is 0. The largest absolute Gasteiger partial charge is 0.381 e. The van der Waals surface area contributed by atoms with E-state index >= 15 is 0 Å². The molecule has 0 aromatic heterocycles. The maximum absolute atomic E-state index is 5.99. The number of hydrogen-bond acceptors (Lipinski definition) is 2. The number of unbranched alkanes of at least 4 members (excludes halogenated alkanes) is 1. The lowest BCUT2D eigenvalue weighted by Crippen LogP contribution is -2.31. The monoisotopic (exact) mass is 228 g/mol. The Hall–Kier alpha value is -0.0800. The first-order chi connectivity index (χ1) is 7.88. The van der Waals surface area contributed by atoms with Gasteiger partial charge in [0.1, 0.15) is 0 Å². The van der Waals surface area contributed by atoms with Crippen LogP contribution >= 0.6 is 0 Å². The van der Waals surface area contributed by atoms with E-state index in [1.807, 2.05) is 0 Å². The molecule has 1 aliphatic rings. The van der Waals surface area contributed by atoms with E-state index in [4.69, 9.17) is 9.47 Å². The molecular weight excluding hydrogens is 200 g/mol. The lowest BCUT2D eigenvalue weighted by molar-refractivity contribution is -0.0434. The minimum absolute atomic E-state index is 0.470. The normalized spacial score (nSPS) is 25.9. The van der Waals surface area contributed by atoms with Gasteiger partial charge in [-0.2, -0.15) is 0 Å². The third-order valence-corrected chi connectivity index (χ3v) is 3.35. The van der Waals surface area contributed by atoms with Gasteiger partial charge in [-0.05, 0) is 25.7 Å². The molecule has 1 saturated carbocycles. The Morgan fingerprint density at radius 2 is 1.81 bits per heavy atom. The van der Waals surface area contributed by atoms with Gasteiger partial charge >= 0.3 is 0 Å². The van der Waals surface area contributed by atoms with Crippen molar-refractivity contribution in [2.45, 2.75) is 64.9 Å². The quantitative estimate of drug-likeness (QED) is 0.588. The van der Waals surface area contributed by atoms with Crippen molar-refractivity contribution in [3.63, 3.8) is 0 Å². The molecule has 0 heterocycles. The maximum atomic E-state index is 5.99. The van der Waals surface area contributed by atoms with E-state index in [0.717, 1.165) is 26.2 Å². The zero-order chi connectivity index (χ0) is 11.6. The third kappa shape index (κ3) is 5.31. The van der Waals surface area contributed by atoms with Crippen molar-refractivity contribution in [2.75, 3.05) is 19.8 Å².